The normalized spacial score (nSPS) is 10.2. The molecule has 25 heavy (non-hydrogen) atoms. The summed E-state index contributed by atoms with van der Waals surface area (Å²) in [4.78, 5) is 26.3. The Labute approximate surface area is 149 Å². The first kappa shape index (κ1) is 18.5. The van der Waals surface area contributed by atoms with Crippen LogP contribution in [0.3, 0.4) is 0 Å². The fourth-order valence-corrected chi connectivity index (χ4v) is 2.64. The van der Waals surface area contributed by atoms with Gasteiger partial charge in [0.15, 0.2) is 0 Å². The summed E-state index contributed by atoms with van der Waals surface area (Å²) in [5.74, 6) is -0.577. The number of carbonyl (C=O) groups is 2. The highest BCUT2D eigenvalue weighted by molar-refractivity contribution is 5.95. The predicted octanol–water partition coefficient (Wildman–Crippen LogP) is 2.84. The van der Waals surface area contributed by atoms with E-state index in [1.807, 2.05) is 43.3 Å². The molecule has 0 aromatic heterocycles. The van der Waals surface area contributed by atoms with Crippen LogP contribution in [0.1, 0.15) is 35.3 Å². The maximum Gasteiger partial charge on any atom is 0.269 e. The highest BCUT2D eigenvalue weighted by Gasteiger charge is 2.10. The van der Waals surface area contributed by atoms with Gasteiger partial charge in [0.2, 0.25) is 5.91 Å². The van der Waals surface area contributed by atoms with Gasteiger partial charge in [-0.2, -0.15) is 0 Å². The second kappa shape index (κ2) is 8.87. The molecule has 0 spiro atoms. The molecule has 2 aromatic rings. The minimum Gasteiger partial charge on any atom is -0.372 e. The Kier molecular flexibility index (Phi) is 6.57. The molecule has 2 rings (SSSR count). The van der Waals surface area contributed by atoms with Gasteiger partial charge in [-0.05, 0) is 56.2 Å². The van der Waals surface area contributed by atoms with Gasteiger partial charge in [-0.3, -0.25) is 20.4 Å². The number of rotatable bonds is 6. The minimum atomic E-state index is -0.329. The molecule has 0 bridgehead atoms. The molecule has 0 radical (unpaired) electrons. The van der Waals surface area contributed by atoms with Crippen molar-refractivity contribution >= 4 is 17.5 Å². The van der Waals surface area contributed by atoms with Crippen LogP contribution < -0.4 is 15.8 Å². The molecule has 0 aliphatic rings. The first-order valence-electron chi connectivity index (χ1n) is 8.53. The lowest BCUT2D eigenvalue weighted by molar-refractivity contribution is -0.121. The van der Waals surface area contributed by atoms with E-state index in [1.165, 1.54) is 0 Å². The molecule has 0 atom stereocenters. The highest BCUT2D eigenvalue weighted by atomic mass is 16.2. The number of hydrogen-bond donors (Lipinski definition) is 2. The molecule has 2 N–H and O–H groups in total. The quantitative estimate of drug-likeness (QED) is 0.796. The fourth-order valence-electron chi connectivity index (χ4n) is 2.64. The van der Waals surface area contributed by atoms with Crippen LogP contribution in [0.2, 0.25) is 0 Å². The number of nitrogens with zero attached hydrogens (tertiary/aromatic N) is 1. The lowest BCUT2D eigenvalue weighted by Crippen LogP contribution is -2.42. The number of anilines is 1. The summed E-state index contributed by atoms with van der Waals surface area (Å²) in [5, 5.41) is 0. The van der Waals surface area contributed by atoms with Gasteiger partial charge in [-0.1, -0.05) is 24.3 Å². The van der Waals surface area contributed by atoms with Crippen molar-refractivity contribution in [2.24, 2.45) is 0 Å². The Balaban J connectivity index is 1.89. The standard InChI is InChI=1S/C20H25N3O2/c1-4-23(5-2)18-12-10-16(11-13-18)20(25)22-21-19(24)14-17-9-7-6-8-15(17)3/h6-13H,4-5,14H2,1-3H3,(H,21,24)(H,22,25). The number of amides is 2. The van der Waals surface area contributed by atoms with Crippen LogP contribution in [0.5, 0.6) is 0 Å². The number of benzene rings is 2. The van der Waals surface area contributed by atoms with E-state index in [0.29, 0.717) is 5.56 Å². The molecule has 5 nitrogen and oxygen atoms in total. The third-order valence-electron chi connectivity index (χ3n) is 4.19. The van der Waals surface area contributed by atoms with Crippen molar-refractivity contribution in [2.75, 3.05) is 18.0 Å². The van der Waals surface area contributed by atoms with Crippen molar-refractivity contribution in [3.8, 4) is 0 Å². The molecule has 2 amide bonds. The average molecular weight is 339 g/mol. The predicted molar refractivity (Wildman–Crippen MR) is 100 cm³/mol. The molecule has 5 heteroatoms. The van der Waals surface area contributed by atoms with E-state index in [2.05, 4.69) is 29.6 Å². The molecular formula is C20H25N3O2. The Hall–Kier alpha value is -2.82. The highest BCUT2D eigenvalue weighted by Crippen LogP contribution is 2.14. The molecule has 0 saturated carbocycles. The minimum absolute atomic E-state index is 0.230. The summed E-state index contributed by atoms with van der Waals surface area (Å²) in [6, 6.07) is 15.0. The maximum atomic E-state index is 12.1. The van der Waals surface area contributed by atoms with E-state index in [4.69, 9.17) is 0 Å². The zero-order valence-corrected chi connectivity index (χ0v) is 15.0. The number of aryl methyl sites for hydroxylation is 1. The molecule has 0 heterocycles. The van der Waals surface area contributed by atoms with Gasteiger partial charge >= 0.3 is 0 Å². The lowest BCUT2D eigenvalue weighted by Gasteiger charge is -2.21. The Morgan fingerprint density at radius 2 is 1.56 bits per heavy atom. The van der Waals surface area contributed by atoms with Crippen molar-refractivity contribution in [3.05, 3.63) is 65.2 Å². The Morgan fingerprint density at radius 3 is 2.16 bits per heavy atom. The van der Waals surface area contributed by atoms with Crippen molar-refractivity contribution < 1.29 is 9.59 Å². The second-order valence-electron chi connectivity index (χ2n) is 5.82. The summed E-state index contributed by atoms with van der Waals surface area (Å²) in [5.41, 5.74) is 8.51. The van der Waals surface area contributed by atoms with Gasteiger partial charge in [0.25, 0.3) is 5.91 Å². The van der Waals surface area contributed by atoms with Crippen LogP contribution >= 0.6 is 0 Å². The van der Waals surface area contributed by atoms with Crippen LogP contribution in [0.25, 0.3) is 0 Å². The number of hydrazine groups is 1. The van der Waals surface area contributed by atoms with Gasteiger partial charge in [0, 0.05) is 24.3 Å². The average Bonchev–Trinajstić information content (AvgIpc) is 2.63. The zero-order chi connectivity index (χ0) is 18.2. The van der Waals surface area contributed by atoms with E-state index >= 15 is 0 Å². The summed E-state index contributed by atoms with van der Waals surface area (Å²) in [7, 11) is 0. The largest absolute Gasteiger partial charge is 0.372 e. The summed E-state index contributed by atoms with van der Waals surface area (Å²) in [6.45, 7) is 7.97. The number of nitrogens with one attached hydrogen (secondary N) is 2. The lowest BCUT2D eigenvalue weighted by atomic mass is 10.1. The zero-order valence-electron chi connectivity index (χ0n) is 15.0. The first-order valence-corrected chi connectivity index (χ1v) is 8.53. The number of carbonyl (C=O) groups excluding carboxylic acids is 2. The van der Waals surface area contributed by atoms with E-state index in [9.17, 15) is 9.59 Å². The molecule has 0 saturated heterocycles. The van der Waals surface area contributed by atoms with E-state index in [1.54, 1.807) is 12.1 Å². The topological polar surface area (TPSA) is 61.4 Å². The molecule has 0 aliphatic carbocycles. The summed E-state index contributed by atoms with van der Waals surface area (Å²) >= 11 is 0. The molecule has 132 valence electrons. The van der Waals surface area contributed by atoms with Gasteiger partial charge < -0.3 is 4.90 Å². The van der Waals surface area contributed by atoms with Gasteiger partial charge in [-0.15, -0.1) is 0 Å². The van der Waals surface area contributed by atoms with Crippen LogP contribution in [0.4, 0.5) is 5.69 Å². The van der Waals surface area contributed by atoms with Crippen LogP contribution in [-0.2, 0) is 11.2 Å². The van der Waals surface area contributed by atoms with Crippen LogP contribution in [0, 0.1) is 6.92 Å². The van der Waals surface area contributed by atoms with Crippen molar-refractivity contribution in [2.45, 2.75) is 27.2 Å². The third kappa shape index (κ3) is 5.08. The van der Waals surface area contributed by atoms with E-state index < -0.39 is 0 Å². The Bertz CT molecular complexity index is 722. The molecule has 2 aromatic carbocycles. The van der Waals surface area contributed by atoms with Crippen molar-refractivity contribution in [3.63, 3.8) is 0 Å². The first-order chi connectivity index (χ1) is 12.0. The van der Waals surface area contributed by atoms with Crippen LogP contribution in [0.15, 0.2) is 48.5 Å². The smallest absolute Gasteiger partial charge is 0.269 e. The van der Waals surface area contributed by atoms with Gasteiger partial charge in [0.05, 0.1) is 6.42 Å². The third-order valence-corrected chi connectivity index (χ3v) is 4.19. The molecule has 0 aliphatic heterocycles. The molecular weight excluding hydrogens is 314 g/mol. The SMILES string of the molecule is CCN(CC)c1ccc(C(=O)NNC(=O)Cc2ccccc2C)cc1. The number of hydrogen-bond acceptors (Lipinski definition) is 3. The summed E-state index contributed by atoms with van der Waals surface area (Å²) in [6.07, 6.45) is 0.230. The van der Waals surface area contributed by atoms with Crippen molar-refractivity contribution in [1.82, 2.24) is 10.9 Å². The summed E-state index contributed by atoms with van der Waals surface area (Å²) < 4.78 is 0. The Morgan fingerprint density at radius 1 is 0.920 bits per heavy atom. The van der Waals surface area contributed by atoms with E-state index in [0.717, 1.165) is 29.9 Å². The van der Waals surface area contributed by atoms with Crippen molar-refractivity contribution in [1.29, 1.82) is 0 Å². The van der Waals surface area contributed by atoms with E-state index in [-0.39, 0.29) is 18.2 Å². The molecule has 0 fully saturated rings. The second-order valence-corrected chi connectivity index (χ2v) is 5.82. The van der Waals surface area contributed by atoms with Gasteiger partial charge in [-0.25, -0.2) is 0 Å². The van der Waals surface area contributed by atoms with Crippen LogP contribution in [-0.4, -0.2) is 24.9 Å². The maximum absolute atomic E-state index is 12.1. The van der Waals surface area contributed by atoms with Gasteiger partial charge in [0.1, 0.15) is 0 Å². The fraction of sp³-hybridized carbons (Fsp3) is 0.300. The molecule has 0 unspecified atom stereocenters. The monoisotopic (exact) mass is 339 g/mol.